The molecule has 0 radical (unpaired) electrons. The van der Waals surface area contributed by atoms with Crippen molar-refractivity contribution in [3.63, 3.8) is 0 Å². The predicted molar refractivity (Wildman–Crippen MR) is 83.8 cm³/mol. The molecule has 0 aliphatic carbocycles. The van der Waals surface area contributed by atoms with Gasteiger partial charge in [-0.25, -0.2) is 0 Å². The smallest absolute Gasteiger partial charge is 0.0745 e. The van der Waals surface area contributed by atoms with Crippen LogP contribution in [-0.4, -0.2) is 11.7 Å². The van der Waals surface area contributed by atoms with Crippen LogP contribution in [0.1, 0.15) is 17.2 Å². The van der Waals surface area contributed by atoms with Crippen LogP contribution in [0.3, 0.4) is 0 Å². The molecule has 1 unspecified atom stereocenters. The van der Waals surface area contributed by atoms with E-state index in [-0.39, 0.29) is 12.6 Å². The molecule has 2 N–H and O–H groups in total. The fourth-order valence-electron chi connectivity index (χ4n) is 1.89. The summed E-state index contributed by atoms with van der Waals surface area (Å²) in [5.41, 5.74) is 3.11. The molecule has 0 amide bonds. The Hall–Kier alpha value is -1.03. The molecule has 2 rings (SSSR count). The summed E-state index contributed by atoms with van der Waals surface area (Å²) in [6, 6.07) is 13.5. The number of benzene rings is 2. The van der Waals surface area contributed by atoms with Crippen LogP contribution in [0.5, 0.6) is 0 Å². The fourth-order valence-corrected chi connectivity index (χ4v) is 2.32. The first-order valence-electron chi connectivity index (χ1n) is 6.00. The van der Waals surface area contributed by atoms with Crippen molar-refractivity contribution in [3.8, 4) is 0 Å². The van der Waals surface area contributed by atoms with Gasteiger partial charge >= 0.3 is 0 Å². The zero-order valence-electron chi connectivity index (χ0n) is 10.5. The SMILES string of the molecule is Cc1ccccc1NC(CO)c1ccc(Br)c(Cl)c1. The Balaban J connectivity index is 2.25. The maximum atomic E-state index is 9.57. The summed E-state index contributed by atoms with van der Waals surface area (Å²) in [4.78, 5) is 0. The first kappa shape index (κ1) is 14.4. The van der Waals surface area contributed by atoms with Crippen LogP contribution in [0.15, 0.2) is 46.9 Å². The highest BCUT2D eigenvalue weighted by Gasteiger charge is 2.12. The fraction of sp³-hybridized carbons (Fsp3) is 0.200. The molecule has 4 heteroatoms. The molecule has 2 nitrogen and oxygen atoms in total. The van der Waals surface area contributed by atoms with Crippen molar-refractivity contribution in [2.45, 2.75) is 13.0 Å². The quantitative estimate of drug-likeness (QED) is 0.855. The van der Waals surface area contributed by atoms with Crippen molar-refractivity contribution in [2.24, 2.45) is 0 Å². The van der Waals surface area contributed by atoms with Gasteiger partial charge in [0, 0.05) is 10.2 Å². The average molecular weight is 341 g/mol. The lowest BCUT2D eigenvalue weighted by atomic mass is 10.1. The standard InChI is InChI=1S/C15H15BrClNO/c1-10-4-2-3-5-14(10)18-15(9-19)11-6-7-12(16)13(17)8-11/h2-8,15,18-19H,9H2,1H3. The molecule has 19 heavy (non-hydrogen) atoms. The molecule has 0 heterocycles. The van der Waals surface area contributed by atoms with E-state index in [0.29, 0.717) is 5.02 Å². The van der Waals surface area contributed by atoms with Crippen molar-refractivity contribution in [1.29, 1.82) is 0 Å². The minimum atomic E-state index is -0.174. The van der Waals surface area contributed by atoms with Crippen LogP contribution < -0.4 is 5.32 Å². The van der Waals surface area contributed by atoms with E-state index in [4.69, 9.17) is 11.6 Å². The molecular weight excluding hydrogens is 326 g/mol. The summed E-state index contributed by atoms with van der Waals surface area (Å²) in [5, 5.41) is 13.6. The van der Waals surface area contributed by atoms with Gasteiger partial charge in [-0.15, -0.1) is 0 Å². The summed E-state index contributed by atoms with van der Waals surface area (Å²) < 4.78 is 0.852. The van der Waals surface area contributed by atoms with Crippen molar-refractivity contribution < 1.29 is 5.11 Å². The van der Waals surface area contributed by atoms with Crippen molar-refractivity contribution in [1.82, 2.24) is 0 Å². The van der Waals surface area contributed by atoms with Crippen LogP contribution in [0, 0.1) is 6.92 Å². The van der Waals surface area contributed by atoms with Gasteiger partial charge in [0.25, 0.3) is 0 Å². The molecule has 0 aromatic heterocycles. The Morgan fingerprint density at radius 1 is 1.26 bits per heavy atom. The van der Waals surface area contributed by atoms with Gasteiger partial charge in [0.05, 0.1) is 17.7 Å². The van der Waals surface area contributed by atoms with Gasteiger partial charge in [-0.1, -0.05) is 35.9 Å². The van der Waals surface area contributed by atoms with E-state index in [1.54, 1.807) is 0 Å². The lowest BCUT2D eigenvalue weighted by Crippen LogP contribution is -2.15. The summed E-state index contributed by atoms with van der Waals surface area (Å²) >= 11 is 9.46. The number of anilines is 1. The molecular formula is C15H15BrClNO. The molecule has 0 aliphatic heterocycles. The Labute approximate surface area is 126 Å². The topological polar surface area (TPSA) is 32.3 Å². The Kier molecular flexibility index (Phi) is 4.86. The van der Waals surface area contributed by atoms with E-state index in [1.807, 2.05) is 49.4 Å². The van der Waals surface area contributed by atoms with E-state index in [9.17, 15) is 5.11 Å². The van der Waals surface area contributed by atoms with Crippen LogP contribution in [0.4, 0.5) is 5.69 Å². The highest BCUT2D eigenvalue weighted by Crippen LogP contribution is 2.28. The summed E-state index contributed by atoms with van der Waals surface area (Å²) in [7, 11) is 0. The molecule has 0 saturated heterocycles. The molecule has 0 spiro atoms. The number of aliphatic hydroxyl groups excluding tert-OH is 1. The number of hydrogen-bond donors (Lipinski definition) is 2. The van der Waals surface area contributed by atoms with E-state index in [0.717, 1.165) is 21.3 Å². The van der Waals surface area contributed by atoms with Gasteiger partial charge in [0.1, 0.15) is 0 Å². The second kappa shape index (κ2) is 6.42. The zero-order chi connectivity index (χ0) is 13.8. The first-order chi connectivity index (χ1) is 9.11. The molecule has 1 atom stereocenters. The molecule has 0 bridgehead atoms. The summed E-state index contributed by atoms with van der Waals surface area (Å²) in [5.74, 6) is 0. The van der Waals surface area contributed by atoms with Crippen LogP contribution >= 0.6 is 27.5 Å². The maximum absolute atomic E-state index is 9.57. The van der Waals surface area contributed by atoms with E-state index in [2.05, 4.69) is 21.2 Å². The van der Waals surface area contributed by atoms with Crippen LogP contribution in [0.25, 0.3) is 0 Å². The third-order valence-corrected chi connectivity index (χ3v) is 4.24. The third kappa shape index (κ3) is 3.50. The van der Waals surface area contributed by atoms with Crippen molar-refractivity contribution >= 4 is 33.2 Å². The molecule has 0 saturated carbocycles. The molecule has 100 valence electrons. The number of hydrogen-bond acceptors (Lipinski definition) is 2. The molecule has 0 fully saturated rings. The zero-order valence-corrected chi connectivity index (χ0v) is 12.9. The number of nitrogens with one attached hydrogen (secondary N) is 1. The number of para-hydroxylation sites is 1. The van der Waals surface area contributed by atoms with Gasteiger partial charge in [-0.3, -0.25) is 0 Å². The summed E-state index contributed by atoms with van der Waals surface area (Å²) in [6.07, 6.45) is 0. The minimum absolute atomic E-state index is 0.00625. The van der Waals surface area contributed by atoms with E-state index < -0.39 is 0 Å². The number of aryl methyl sites for hydroxylation is 1. The normalized spacial score (nSPS) is 12.2. The Bertz CT molecular complexity index is 574. The average Bonchev–Trinajstić information content (AvgIpc) is 2.41. The Morgan fingerprint density at radius 3 is 2.63 bits per heavy atom. The van der Waals surface area contributed by atoms with Crippen molar-refractivity contribution in [2.75, 3.05) is 11.9 Å². The van der Waals surface area contributed by atoms with E-state index in [1.165, 1.54) is 0 Å². The number of aliphatic hydroxyl groups is 1. The monoisotopic (exact) mass is 339 g/mol. The summed E-state index contributed by atoms with van der Waals surface area (Å²) in [6.45, 7) is 2.04. The highest BCUT2D eigenvalue weighted by molar-refractivity contribution is 9.10. The first-order valence-corrected chi connectivity index (χ1v) is 7.17. The van der Waals surface area contributed by atoms with Crippen LogP contribution in [-0.2, 0) is 0 Å². The Morgan fingerprint density at radius 2 is 2.00 bits per heavy atom. The van der Waals surface area contributed by atoms with Gasteiger partial charge in [-0.05, 0) is 52.2 Å². The highest BCUT2D eigenvalue weighted by atomic mass is 79.9. The van der Waals surface area contributed by atoms with Gasteiger partial charge < -0.3 is 10.4 Å². The van der Waals surface area contributed by atoms with Gasteiger partial charge in [0.2, 0.25) is 0 Å². The lowest BCUT2D eigenvalue weighted by Gasteiger charge is -2.20. The largest absolute Gasteiger partial charge is 0.394 e. The molecule has 0 aliphatic rings. The lowest BCUT2D eigenvalue weighted by molar-refractivity contribution is 0.276. The predicted octanol–water partition coefficient (Wildman–Crippen LogP) is 4.56. The second-order valence-corrected chi connectivity index (χ2v) is 5.63. The van der Waals surface area contributed by atoms with Gasteiger partial charge in [0.15, 0.2) is 0 Å². The van der Waals surface area contributed by atoms with Crippen molar-refractivity contribution in [3.05, 3.63) is 63.1 Å². The number of halogens is 2. The minimum Gasteiger partial charge on any atom is -0.394 e. The van der Waals surface area contributed by atoms with Crippen LogP contribution in [0.2, 0.25) is 5.02 Å². The molecule has 2 aromatic rings. The number of rotatable bonds is 4. The van der Waals surface area contributed by atoms with Gasteiger partial charge in [-0.2, -0.15) is 0 Å². The molecule has 2 aromatic carbocycles. The third-order valence-electron chi connectivity index (χ3n) is 3.00. The maximum Gasteiger partial charge on any atom is 0.0745 e. The van der Waals surface area contributed by atoms with E-state index >= 15 is 0 Å². The second-order valence-electron chi connectivity index (χ2n) is 4.37.